The van der Waals surface area contributed by atoms with Gasteiger partial charge in [-0.3, -0.25) is 4.79 Å². The molecular weight excluding hydrogens is 363 g/mol. The summed E-state index contributed by atoms with van der Waals surface area (Å²) in [4.78, 5) is 14.2. The van der Waals surface area contributed by atoms with Gasteiger partial charge in [0.2, 0.25) is 0 Å². The van der Waals surface area contributed by atoms with Crippen molar-refractivity contribution in [2.45, 2.75) is 32.0 Å². The number of halogens is 3. The SMILES string of the molecule is CC1CC(O)CCN(C(=O)c2nn(-c3ccccc3C(F)(F)F)cc2O)C1. The van der Waals surface area contributed by atoms with Crippen LogP contribution in [0.2, 0.25) is 0 Å². The molecule has 1 aliphatic rings. The number of para-hydroxylation sites is 1. The van der Waals surface area contributed by atoms with Gasteiger partial charge in [0.25, 0.3) is 5.91 Å². The van der Waals surface area contributed by atoms with E-state index in [0.29, 0.717) is 19.4 Å². The molecule has 1 amide bonds. The molecule has 3 rings (SSSR count). The second kappa shape index (κ2) is 7.22. The summed E-state index contributed by atoms with van der Waals surface area (Å²) in [5.41, 5.74) is -1.51. The molecule has 9 heteroatoms. The van der Waals surface area contributed by atoms with E-state index in [4.69, 9.17) is 0 Å². The van der Waals surface area contributed by atoms with Gasteiger partial charge in [-0.25, -0.2) is 4.68 Å². The molecule has 2 heterocycles. The van der Waals surface area contributed by atoms with Gasteiger partial charge < -0.3 is 15.1 Å². The van der Waals surface area contributed by atoms with Gasteiger partial charge >= 0.3 is 6.18 Å². The van der Waals surface area contributed by atoms with Crippen molar-refractivity contribution in [2.75, 3.05) is 13.1 Å². The normalized spacial score (nSPS) is 21.1. The van der Waals surface area contributed by atoms with Crippen molar-refractivity contribution in [3.05, 3.63) is 41.7 Å². The topological polar surface area (TPSA) is 78.6 Å². The number of aliphatic hydroxyl groups excluding tert-OH is 1. The van der Waals surface area contributed by atoms with Crippen molar-refractivity contribution >= 4 is 5.91 Å². The Hall–Kier alpha value is -2.55. The van der Waals surface area contributed by atoms with Gasteiger partial charge in [-0.1, -0.05) is 19.1 Å². The number of likely N-dealkylation sites (tertiary alicyclic amines) is 1. The Labute approximate surface area is 153 Å². The van der Waals surface area contributed by atoms with E-state index in [0.717, 1.165) is 16.9 Å². The third kappa shape index (κ3) is 4.08. The summed E-state index contributed by atoms with van der Waals surface area (Å²) in [6.45, 7) is 2.56. The van der Waals surface area contributed by atoms with Crippen LogP contribution in [0.4, 0.5) is 13.2 Å². The molecule has 0 bridgehead atoms. The summed E-state index contributed by atoms with van der Waals surface area (Å²) >= 11 is 0. The molecule has 1 saturated heterocycles. The summed E-state index contributed by atoms with van der Waals surface area (Å²) in [5.74, 6) is -1.01. The van der Waals surface area contributed by atoms with Gasteiger partial charge in [-0.15, -0.1) is 0 Å². The molecule has 27 heavy (non-hydrogen) atoms. The molecule has 0 radical (unpaired) electrons. The minimum absolute atomic E-state index is 0.0571. The van der Waals surface area contributed by atoms with E-state index in [-0.39, 0.29) is 23.8 Å². The average Bonchev–Trinajstić information content (AvgIpc) is 2.89. The number of amides is 1. The molecule has 2 N–H and O–H groups in total. The Kier molecular flexibility index (Phi) is 5.14. The fourth-order valence-corrected chi connectivity index (χ4v) is 3.32. The van der Waals surface area contributed by atoms with Crippen LogP contribution in [0.5, 0.6) is 5.75 Å². The number of alkyl halides is 3. The highest BCUT2D eigenvalue weighted by Gasteiger charge is 2.35. The molecule has 0 saturated carbocycles. The minimum Gasteiger partial charge on any atom is -0.504 e. The van der Waals surface area contributed by atoms with Crippen LogP contribution in [0.1, 0.15) is 35.8 Å². The van der Waals surface area contributed by atoms with E-state index in [1.807, 2.05) is 6.92 Å². The first-order chi connectivity index (χ1) is 12.7. The first-order valence-corrected chi connectivity index (χ1v) is 8.59. The number of nitrogens with zero attached hydrogens (tertiary/aromatic N) is 3. The van der Waals surface area contributed by atoms with Gasteiger partial charge in [0.1, 0.15) is 0 Å². The first-order valence-electron chi connectivity index (χ1n) is 8.59. The summed E-state index contributed by atoms with van der Waals surface area (Å²) in [7, 11) is 0. The maximum atomic E-state index is 13.2. The maximum Gasteiger partial charge on any atom is 0.418 e. The quantitative estimate of drug-likeness (QED) is 0.836. The molecule has 0 aliphatic carbocycles. The summed E-state index contributed by atoms with van der Waals surface area (Å²) in [6, 6.07) is 4.80. The number of aromatic hydroxyl groups is 1. The van der Waals surface area contributed by atoms with Crippen molar-refractivity contribution in [1.29, 1.82) is 0 Å². The summed E-state index contributed by atoms with van der Waals surface area (Å²) < 4.78 is 40.5. The molecular formula is C18H20F3N3O3. The average molecular weight is 383 g/mol. The molecule has 1 aromatic heterocycles. The standard InChI is InChI=1S/C18H20F3N3O3/c1-11-8-12(25)6-7-23(9-11)17(27)16-15(26)10-24(22-16)14-5-3-2-4-13(14)18(19,20)21/h2-5,10-12,25-26H,6-9H2,1H3. The Balaban J connectivity index is 1.93. The number of aromatic nitrogens is 2. The van der Waals surface area contributed by atoms with Crippen LogP contribution in [0.3, 0.4) is 0 Å². The Morgan fingerprint density at radius 1 is 1.30 bits per heavy atom. The highest BCUT2D eigenvalue weighted by atomic mass is 19.4. The summed E-state index contributed by atoms with van der Waals surface area (Å²) in [6.07, 6.45) is -3.16. The molecule has 6 nitrogen and oxygen atoms in total. The molecule has 2 unspecified atom stereocenters. The molecule has 1 aromatic carbocycles. The number of hydrogen-bond donors (Lipinski definition) is 2. The van der Waals surface area contributed by atoms with Gasteiger partial charge in [0.05, 0.1) is 23.6 Å². The van der Waals surface area contributed by atoms with Gasteiger partial charge in [-0.2, -0.15) is 18.3 Å². The minimum atomic E-state index is -4.60. The highest BCUT2D eigenvalue weighted by Crippen LogP contribution is 2.34. The number of aliphatic hydroxyl groups is 1. The molecule has 1 fully saturated rings. The maximum absolute atomic E-state index is 13.2. The van der Waals surface area contributed by atoms with Gasteiger partial charge in [-0.05, 0) is 30.9 Å². The van der Waals surface area contributed by atoms with Crippen LogP contribution in [-0.2, 0) is 6.18 Å². The fraction of sp³-hybridized carbons (Fsp3) is 0.444. The predicted octanol–water partition coefficient (Wildman–Crippen LogP) is 2.83. The third-order valence-electron chi connectivity index (χ3n) is 4.58. The van der Waals surface area contributed by atoms with Crippen LogP contribution >= 0.6 is 0 Å². The number of benzene rings is 1. The highest BCUT2D eigenvalue weighted by molar-refractivity contribution is 5.94. The molecule has 0 spiro atoms. The number of hydrogen-bond acceptors (Lipinski definition) is 4. The van der Waals surface area contributed by atoms with Crippen LogP contribution in [0.15, 0.2) is 30.5 Å². The fourth-order valence-electron chi connectivity index (χ4n) is 3.32. The number of carbonyl (C=O) groups is 1. The number of rotatable bonds is 2. The zero-order valence-electron chi connectivity index (χ0n) is 14.6. The van der Waals surface area contributed by atoms with Crippen LogP contribution in [-0.4, -0.2) is 50.0 Å². The molecule has 1 aliphatic heterocycles. The van der Waals surface area contributed by atoms with Crippen molar-refractivity contribution in [2.24, 2.45) is 5.92 Å². The smallest absolute Gasteiger partial charge is 0.418 e. The number of carbonyl (C=O) groups excluding carboxylic acids is 1. The Morgan fingerprint density at radius 3 is 2.70 bits per heavy atom. The van der Waals surface area contributed by atoms with Crippen molar-refractivity contribution < 1.29 is 28.2 Å². The van der Waals surface area contributed by atoms with E-state index in [1.165, 1.54) is 23.1 Å². The second-order valence-electron chi connectivity index (χ2n) is 6.86. The molecule has 2 aromatic rings. The zero-order valence-corrected chi connectivity index (χ0v) is 14.6. The van der Waals surface area contributed by atoms with E-state index in [2.05, 4.69) is 5.10 Å². The summed E-state index contributed by atoms with van der Waals surface area (Å²) in [5, 5.41) is 23.9. The lowest BCUT2D eigenvalue weighted by Crippen LogP contribution is -2.34. The lowest BCUT2D eigenvalue weighted by Gasteiger charge is -2.21. The zero-order chi connectivity index (χ0) is 19.8. The molecule has 146 valence electrons. The largest absolute Gasteiger partial charge is 0.504 e. The van der Waals surface area contributed by atoms with Crippen LogP contribution < -0.4 is 0 Å². The van der Waals surface area contributed by atoms with Crippen molar-refractivity contribution in [3.63, 3.8) is 0 Å². The third-order valence-corrected chi connectivity index (χ3v) is 4.58. The van der Waals surface area contributed by atoms with E-state index >= 15 is 0 Å². The van der Waals surface area contributed by atoms with Crippen molar-refractivity contribution in [3.8, 4) is 11.4 Å². The van der Waals surface area contributed by atoms with Gasteiger partial charge in [0, 0.05) is 13.1 Å². The Bertz CT molecular complexity index is 835. The lowest BCUT2D eigenvalue weighted by atomic mass is 10.0. The van der Waals surface area contributed by atoms with Gasteiger partial charge in [0.15, 0.2) is 11.4 Å². The first kappa shape index (κ1) is 19.2. The van der Waals surface area contributed by atoms with E-state index in [1.54, 1.807) is 0 Å². The Morgan fingerprint density at radius 2 is 2.00 bits per heavy atom. The monoisotopic (exact) mass is 383 g/mol. The van der Waals surface area contributed by atoms with Crippen LogP contribution in [0, 0.1) is 5.92 Å². The second-order valence-corrected chi connectivity index (χ2v) is 6.86. The molecule has 2 atom stereocenters. The van der Waals surface area contributed by atoms with Crippen LogP contribution in [0.25, 0.3) is 5.69 Å². The predicted molar refractivity (Wildman–Crippen MR) is 90.5 cm³/mol. The van der Waals surface area contributed by atoms with E-state index in [9.17, 15) is 28.2 Å². The van der Waals surface area contributed by atoms with Crippen molar-refractivity contribution in [1.82, 2.24) is 14.7 Å². The van der Waals surface area contributed by atoms with E-state index < -0.39 is 29.5 Å². The lowest BCUT2D eigenvalue weighted by molar-refractivity contribution is -0.137.